The van der Waals surface area contributed by atoms with E-state index in [1.807, 2.05) is 54.6 Å². The van der Waals surface area contributed by atoms with E-state index in [1.54, 1.807) is 4.90 Å². The zero-order valence-corrected chi connectivity index (χ0v) is 18.9. The van der Waals surface area contributed by atoms with Gasteiger partial charge in [0.2, 0.25) is 0 Å². The van der Waals surface area contributed by atoms with Crippen molar-refractivity contribution >= 4 is 56.2 Å². The molecule has 2 aliphatic heterocycles. The van der Waals surface area contributed by atoms with Gasteiger partial charge in [0.25, 0.3) is 5.91 Å². The second kappa shape index (κ2) is 9.43. The lowest BCUT2D eigenvalue weighted by molar-refractivity contribution is -0.123. The lowest BCUT2D eigenvalue weighted by atomic mass is 10.2. The fourth-order valence-corrected chi connectivity index (χ4v) is 4.75. The van der Waals surface area contributed by atoms with E-state index in [1.165, 1.54) is 11.8 Å². The van der Waals surface area contributed by atoms with Gasteiger partial charge in [-0.05, 0) is 54.3 Å². The molecule has 0 radical (unpaired) electrons. The second-order valence-corrected chi connectivity index (χ2v) is 9.50. The summed E-state index contributed by atoms with van der Waals surface area (Å²) in [4.78, 5) is 15.0. The summed E-state index contributed by atoms with van der Waals surface area (Å²) in [5.41, 5.74) is 2.05. The molecule has 1 amide bonds. The number of hydrogen-bond donors (Lipinski definition) is 0. The fraction of sp³-hybridized carbons (Fsp3) is 0.273. The van der Waals surface area contributed by atoms with Gasteiger partial charge in [-0.1, -0.05) is 64.2 Å². The van der Waals surface area contributed by atoms with E-state index < -0.39 is 0 Å². The van der Waals surface area contributed by atoms with E-state index in [0.717, 1.165) is 40.8 Å². The van der Waals surface area contributed by atoms with Gasteiger partial charge >= 0.3 is 0 Å². The van der Waals surface area contributed by atoms with Crippen molar-refractivity contribution in [2.75, 3.05) is 13.2 Å². The molecule has 0 aliphatic carbocycles. The Morgan fingerprint density at radius 3 is 2.66 bits per heavy atom. The molecule has 2 aliphatic rings. The summed E-state index contributed by atoms with van der Waals surface area (Å²) in [6, 6.07) is 15.8. The number of carbonyl (C=O) groups excluding carboxylic acids is 1. The number of thioether (sulfide) groups is 1. The van der Waals surface area contributed by atoms with Crippen LogP contribution in [-0.2, 0) is 16.1 Å². The molecule has 2 aromatic carbocycles. The van der Waals surface area contributed by atoms with E-state index in [2.05, 4.69) is 15.9 Å². The number of nitrogens with zero attached hydrogens (tertiary/aromatic N) is 1. The third-order valence-electron chi connectivity index (χ3n) is 4.78. The Bertz CT molecular complexity index is 922. The van der Waals surface area contributed by atoms with Crippen LogP contribution < -0.4 is 4.74 Å². The number of carbonyl (C=O) groups is 1. The summed E-state index contributed by atoms with van der Waals surface area (Å²) < 4.78 is 13.1. The minimum atomic E-state index is -0.0361. The molecule has 0 bridgehead atoms. The summed E-state index contributed by atoms with van der Waals surface area (Å²) in [6.45, 7) is 1.82. The Labute approximate surface area is 188 Å². The minimum absolute atomic E-state index is 0.0361. The molecule has 7 heteroatoms. The highest BCUT2D eigenvalue weighted by molar-refractivity contribution is 9.10. The third-order valence-corrected chi connectivity index (χ3v) is 6.69. The Balaban J connectivity index is 1.37. The van der Waals surface area contributed by atoms with Gasteiger partial charge < -0.3 is 9.47 Å². The largest absolute Gasteiger partial charge is 0.489 e. The molecule has 2 heterocycles. The molecular weight excluding hydrogens is 470 g/mol. The first kappa shape index (κ1) is 20.6. The predicted octanol–water partition coefficient (Wildman–Crippen LogP) is 5.41. The quantitative estimate of drug-likeness (QED) is 0.400. The van der Waals surface area contributed by atoms with Crippen LogP contribution in [0.2, 0.25) is 0 Å². The summed E-state index contributed by atoms with van der Waals surface area (Å²) in [5.74, 6) is 0.752. The zero-order valence-electron chi connectivity index (χ0n) is 15.7. The normalized spacial score (nSPS) is 20.7. The van der Waals surface area contributed by atoms with Gasteiger partial charge in [-0.2, -0.15) is 0 Å². The van der Waals surface area contributed by atoms with E-state index in [-0.39, 0.29) is 12.0 Å². The molecule has 4 rings (SSSR count). The lowest BCUT2D eigenvalue weighted by Gasteiger charge is -2.18. The summed E-state index contributed by atoms with van der Waals surface area (Å²) >= 11 is 10.2. The Morgan fingerprint density at radius 2 is 1.97 bits per heavy atom. The number of rotatable bonds is 6. The molecule has 0 spiro atoms. The van der Waals surface area contributed by atoms with Gasteiger partial charge in [0, 0.05) is 11.1 Å². The van der Waals surface area contributed by atoms with E-state index in [9.17, 15) is 4.79 Å². The van der Waals surface area contributed by atoms with Crippen LogP contribution in [-0.4, -0.2) is 34.4 Å². The fourth-order valence-electron chi connectivity index (χ4n) is 3.21. The number of halogens is 1. The highest BCUT2D eigenvalue weighted by atomic mass is 79.9. The number of hydrogen-bond acceptors (Lipinski definition) is 5. The van der Waals surface area contributed by atoms with Crippen molar-refractivity contribution in [2.24, 2.45) is 0 Å². The van der Waals surface area contributed by atoms with Crippen LogP contribution in [0.25, 0.3) is 6.08 Å². The molecule has 2 saturated heterocycles. The average molecular weight is 490 g/mol. The van der Waals surface area contributed by atoms with Crippen LogP contribution in [0.15, 0.2) is 57.9 Å². The van der Waals surface area contributed by atoms with Gasteiger partial charge in [-0.3, -0.25) is 9.69 Å². The highest BCUT2D eigenvalue weighted by Gasteiger charge is 2.34. The second-order valence-electron chi connectivity index (χ2n) is 6.91. The van der Waals surface area contributed by atoms with Crippen molar-refractivity contribution in [3.8, 4) is 5.75 Å². The minimum Gasteiger partial charge on any atom is -0.489 e. The molecule has 0 aromatic heterocycles. The van der Waals surface area contributed by atoms with Crippen molar-refractivity contribution in [3.05, 3.63) is 69.0 Å². The summed E-state index contributed by atoms with van der Waals surface area (Å²) in [6.07, 6.45) is 4.01. The van der Waals surface area contributed by atoms with Crippen LogP contribution >= 0.6 is 39.9 Å². The number of ether oxygens (including phenoxy) is 2. The van der Waals surface area contributed by atoms with E-state index in [4.69, 9.17) is 21.7 Å². The number of benzene rings is 2. The monoisotopic (exact) mass is 489 g/mol. The van der Waals surface area contributed by atoms with Crippen molar-refractivity contribution in [3.63, 3.8) is 0 Å². The molecule has 29 heavy (non-hydrogen) atoms. The van der Waals surface area contributed by atoms with Crippen LogP contribution in [0.4, 0.5) is 0 Å². The smallest absolute Gasteiger partial charge is 0.266 e. The average Bonchev–Trinajstić information content (AvgIpc) is 3.33. The van der Waals surface area contributed by atoms with Crippen molar-refractivity contribution in [2.45, 2.75) is 25.6 Å². The topological polar surface area (TPSA) is 38.8 Å². The molecule has 1 atom stereocenters. The maximum atomic E-state index is 12.7. The maximum Gasteiger partial charge on any atom is 0.266 e. The zero-order chi connectivity index (χ0) is 20.2. The molecule has 0 saturated carbocycles. The van der Waals surface area contributed by atoms with Crippen LogP contribution in [0.5, 0.6) is 5.75 Å². The van der Waals surface area contributed by atoms with Gasteiger partial charge in [-0.25, -0.2) is 0 Å². The lowest BCUT2D eigenvalue weighted by Crippen LogP contribution is -2.35. The van der Waals surface area contributed by atoms with Gasteiger partial charge in [0.1, 0.15) is 16.7 Å². The van der Waals surface area contributed by atoms with Gasteiger partial charge in [-0.15, -0.1) is 0 Å². The predicted molar refractivity (Wildman–Crippen MR) is 124 cm³/mol. The van der Waals surface area contributed by atoms with Gasteiger partial charge in [0.15, 0.2) is 0 Å². The Hall–Kier alpha value is -1.67. The van der Waals surface area contributed by atoms with Crippen molar-refractivity contribution < 1.29 is 14.3 Å². The molecule has 4 nitrogen and oxygen atoms in total. The van der Waals surface area contributed by atoms with E-state index in [0.29, 0.717) is 22.4 Å². The van der Waals surface area contributed by atoms with Crippen molar-refractivity contribution in [1.82, 2.24) is 4.90 Å². The number of amides is 1. The summed E-state index contributed by atoms with van der Waals surface area (Å²) in [5, 5.41) is 0. The van der Waals surface area contributed by atoms with Gasteiger partial charge in [0.05, 0.1) is 17.6 Å². The molecule has 2 aromatic rings. The van der Waals surface area contributed by atoms with Crippen LogP contribution in [0.3, 0.4) is 0 Å². The SMILES string of the molecule is O=C1/C(=C/c2ccc(OCc3ccc(Br)cc3)cc2)SC(=S)N1C[C@H]1CCCO1. The Morgan fingerprint density at radius 1 is 1.21 bits per heavy atom. The maximum absolute atomic E-state index is 12.7. The molecule has 150 valence electrons. The highest BCUT2D eigenvalue weighted by Crippen LogP contribution is 2.33. The first-order valence-corrected chi connectivity index (χ1v) is 11.4. The van der Waals surface area contributed by atoms with E-state index >= 15 is 0 Å². The first-order valence-electron chi connectivity index (χ1n) is 9.43. The molecular formula is C22H20BrNO3S2. The molecule has 2 fully saturated rings. The number of thiocarbonyl (C=S) groups is 1. The Kier molecular flexibility index (Phi) is 6.70. The van der Waals surface area contributed by atoms with Crippen LogP contribution in [0, 0.1) is 0 Å². The third kappa shape index (κ3) is 5.28. The standard InChI is InChI=1S/C22H20BrNO3S2/c23-17-7-3-16(4-8-17)14-27-18-9-5-15(6-10-18)12-20-21(25)24(22(28)29-20)13-19-2-1-11-26-19/h3-10,12,19H,1-2,11,13-14H2/b20-12-/t19-/m1/s1. The summed E-state index contributed by atoms with van der Waals surface area (Å²) in [7, 11) is 0. The molecule has 0 unspecified atom stereocenters. The van der Waals surface area contributed by atoms with Crippen molar-refractivity contribution in [1.29, 1.82) is 0 Å². The first-order chi connectivity index (χ1) is 14.1. The molecule has 0 N–H and O–H groups in total. The van der Waals surface area contributed by atoms with Crippen LogP contribution in [0.1, 0.15) is 24.0 Å².